The van der Waals surface area contributed by atoms with Crippen LogP contribution in [0.5, 0.6) is 0 Å². The zero-order valence-electron chi connectivity index (χ0n) is 14.9. The topological polar surface area (TPSA) is 51.7 Å². The van der Waals surface area contributed by atoms with Crippen LogP contribution in [-0.4, -0.2) is 67.1 Å². The van der Waals surface area contributed by atoms with E-state index in [1.54, 1.807) is 6.20 Å². The summed E-state index contributed by atoms with van der Waals surface area (Å²) in [5.74, 6) is 0.909. The molecule has 1 aliphatic heterocycles. The van der Waals surface area contributed by atoms with Crippen molar-refractivity contribution in [2.45, 2.75) is 38.3 Å². The average Bonchev–Trinajstić information content (AvgIpc) is 3.14. The maximum absolute atomic E-state index is 12.4. The highest BCUT2D eigenvalue weighted by molar-refractivity contribution is 5.74. The number of rotatable bonds is 4. The van der Waals surface area contributed by atoms with Crippen LogP contribution in [0.15, 0.2) is 18.3 Å². The van der Waals surface area contributed by atoms with E-state index in [9.17, 15) is 4.79 Å². The van der Waals surface area contributed by atoms with Gasteiger partial charge in [-0.1, -0.05) is 12.8 Å². The molecule has 2 amide bonds. The Hall–Kier alpha value is -1.82. The molecule has 2 fully saturated rings. The van der Waals surface area contributed by atoms with Crippen molar-refractivity contribution in [2.75, 3.05) is 45.2 Å². The normalized spacial score (nSPS) is 19.5. The number of amides is 2. The summed E-state index contributed by atoms with van der Waals surface area (Å²) in [7, 11) is 3.93. The number of piperazine rings is 1. The molecule has 1 N–H and O–H groups in total. The summed E-state index contributed by atoms with van der Waals surface area (Å²) in [6.45, 7) is 4.24. The largest absolute Gasteiger partial charge is 0.363 e. The van der Waals surface area contributed by atoms with E-state index in [0.29, 0.717) is 6.54 Å². The van der Waals surface area contributed by atoms with Gasteiger partial charge in [0.15, 0.2) is 0 Å². The lowest BCUT2D eigenvalue weighted by Gasteiger charge is -2.38. The lowest BCUT2D eigenvalue weighted by atomic mass is 10.2. The highest BCUT2D eigenvalue weighted by Gasteiger charge is 2.27. The molecule has 0 unspecified atom stereocenters. The van der Waals surface area contributed by atoms with Crippen molar-refractivity contribution in [3.63, 3.8) is 0 Å². The van der Waals surface area contributed by atoms with E-state index in [1.165, 1.54) is 25.7 Å². The van der Waals surface area contributed by atoms with Crippen molar-refractivity contribution in [1.29, 1.82) is 0 Å². The molecule has 2 aliphatic rings. The first-order chi connectivity index (χ1) is 11.6. The van der Waals surface area contributed by atoms with E-state index in [1.807, 2.05) is 36.0 Å². The molecule has 0 spiro atoms. The quantitative estimate of drug-likeness (QED) is 0.916. The average molecular weight is 331 g/mol. The number of carbonyl (C=O) groups excluding carboxylic acids is 1. The highest BCUT2D eigenvalue weighted by Crippen LogP contribution is 2.24. The number of carbonyl (C=O) groups is 1. The molecule has 24 heavy (non-hydrogen) atoms. The molecule has 6 nitrogen and oxygen atoms in total. The van der Waals surface area contributed by atoms with Gasteiger partial charge in [-0.05, 0) is 30.5 Å². The summed E-state index contributed by atoms with van der Waals surface area (Å²) in [5, 5.41) is 3.04. The summed E-state index contributed by atoms with van der Waals surface area (Å²) in [5.41, 5.74) is 1.08. The zero-order valence-corrected chi connectivity index (χ0v) is 14.9. The van der Waals surface area contributed by atoms with Gasteiger partial charge in [0.2, 0.25) is 0 Å². The summed E-state index contributed by atoms with van der Waals surface area (Å²) in [4.78, 5) is 23.2. The number of hydrogen-bond acceptors (Lipinski definition) is 4. The van der Waals surface area contributed by atoms with Gasteiger partial charge in [-0.2, -0.15) is 0 Å². The summed E-state index contributed by atoms with van der Waals surface area (Å²) in [6.07, 6.45) is 7.20. The molecule has 1 saturated heterocycles. The molecule has 2 heterocycles. The molecule has 132 valence electrons. The Labute approximate surface area is 144 Å². The summed E-state index contributed by atoms with van der Waals surface area (Å²) < 4.78 is 0. The second-order valence-corrected chi connectivity index (χ2v) is 7.04. The second kappa shape index (κ2) is 7.83. The standard InChI is InChI=1S/C18H29N5O/c1-21(2)17-13-15(7-8-19-17)14-20-18(24)23-11-9-22(10-12-23)16-5-3-4-6-16/h7-8,13,16H,3-6,9-12,14H2,1-2H3,(H,20,24). The van der Waals surface area contributed by atoms with E-state index < -0.39 is 0 Å². The molecule has 0 bridgehead atoms. The van der Waals surface area contributed by atoms with Crippen LogP contribution in [0.2, 0.25) is 0 Å². The van der Waals surface area contributed by atoms with E-state index >= 15 is 0 Å². The predicted octanol–water partition coefficient (Wildman–Crippen LogP) is 1.92. The third kappa shape index (κ3) is 4.17. The van der Waals surface area contributed by atoms with Gasteiger partial charge in [0, 0.05) is 59.1 Å². The molecule has 1 aromatic rings. The van der Waals surface area contributed by atoms with Crippen LogP contribution in [0.25, 0.3) is 0 Å². The van der Waals surface area contributed by atoms with Gasteiger partial charge in [-0.3, -0.25) is 4.90 Å². The van der Waals surface area contributed by atoms with E-state index in [-0.39, 0.29) is 6.03 Å². The van der Waals surface area contributed by atoms with Crippen LogP contribution in [0, 0.1) is 0 Å². The van der Waals surface area contributed by atoms with Crippen LogP contribution in [0.1, 0.15) is 31.2 Å². The maximum atomic E-state index is 12.4. The second-order valence-electron chi connectivity index (χ2n) is 7.04. The fourth-order valence-electron chi connectivity index (χ4n) is 3.66. The Bertz CT molecular complexity index is 548. The minimum Gasteiger partial charge on any atom is -0.363 e. The Balaban J connectivity index is 1.45. The van der Waals surface area contributed by atoms with E-state index in [4.69, 9.17) is 0 Å². The third-order valence-corrected chi connectivity index (χ3v) is 5.15. The Kier molecular flexibility index (Phi) is 5.56. The number of nitrogens with zero attached hydrogens (tertiary/aromatic N) is 4. The van der Waals surface area contributed by atoms with Crippen LogP contribution < -0.4 is 10.2 Å². The Morgan fingerprint density at radius 3 is 2.62 bits per heavy atom. The van der Waals surface area contributed by atoms with Gasteiger partial charge in [0.1, 0.15) is 5.82 Å². The fourth-order valence-corrected chi connectivity index (χ4v) is 3.66. The van der Waals surface area contributed by atoms with Crippen LogP contribution >= 0.6 is 0 Å². The van der Waals surface area contributed by atoms with Gasteiger partial charge in [-0.15, -0.1) is 0 Å². The predicted molar refractivity (Wildman–Crippen MR) is 96.2 cm³/mol. The van der Waals surface area contributed by atoms with Crippen molar-refractivity contribution < 1.29 is 4.79 Å². The molecule has 1 saturated carbocycles. The Morgan fingerprint density at radius 1 is 1.25 bits per heavy atom. The molecular formula is C18H29N5O. The number of aromatic nitrogens is 1. The fraction of sp³-hybridized carbons (Fsp3) is 0.667. The van der Waals surface area contributed by atoms with Crippen LogP contribution in [0.4, 0.5) is 10.6 Å². The lowest BCUT2D eigenvalue weighted by Crippen LogP contribution is -2.53. The van der Waals surface area contributed by atoms with Crippen molar-refractivity contribution in [2.24, 2.45) is 0 Å². The minimum atomic E-state index is 0.0456. The number of urea groups is 1. The smallest absolute Gasteiger partial charge is 0.317 e. The number of nitrogens with one attached hydrogen (secondary N) is 1. The molecule has 3 rings (SSSR count). The summed E-state index contributed by atoms with van der Waals surface area (Å²) in [6, 6.07) is 4.77. The molecule has 1 aliphatic carbocycles. The van der Waals surface area contributed by atoms with Crippen LogP contribution in [0.3, 0.4) is 0 Å². The maximum Gasteiger partial charge on any atom is 0.317 e. The molecule has 1 aromatic heterocycles. The zero-order chi connectivity index (χ0) is 16.9. The van der Waals surface area contributed by atoms with Crippen LogP contribution in [-0.2, 0) is 6.54 Å². The van der Waals surface area contributed by atoms with E-state index in [0.717, 1.165) is 43.6 Å². The van der Waals surface area contributed by atoms with Gasteiger partial charge in [0.25, 0.3) is 0 Å². The first kappa shape index (κ1) is 17.0. The summed E-state index contributed by atoms with van der Waals surface area (Å²) >= 11 is 0. The number of anilines is 1. The Morgan fingerprint density at radius 2 is 1.96 bits per heavy atom. The first-order valence-electron chi connectivity index (χ1n) is 9.02. The lowest BCUT2D eigenvalue weighted by molar-refractivity contribution is 0.109. The molecule has 0 radical (unpaired) electrons. The van der Waals surface area contributed by atoms with Crippen molar-refractivity contribution in [3.05, 3.63) is 23.9 Å². The van der Waals surface area contributed by atoms with Crippen molar-refractivity contribution >= 4 is 11.8 Å². The van der Waals surface area contributed by atoms with Gasteiger partial charge in [-0.25, -0.2) is 9.78 Å². The van der Waals surface area contributed by atoms with Gasteiger partial charge >= 0.3 is 6.03 Å². The third-order valence-electron chi connectivity index (χ3n) is 5.15. The number of hydrogen-bond donors (Lipinski definition) is 1. The molecular weight excluding hydrogens is 302 g/mol. The monoisotopic (exact) mass is 331 g/mol. The minimum absolute atomic E-state index is 0.0456. The number of pyridine rings is 1. The first-order valence-corrected chi connectivity index (χ1v) is 9.02. The highest BCUT2D eigenvalue weighted by atomic mass is 16.2. The molecule has 0 atom stereocenters. The van der Waals surface area contributed by atoms with Gasteiger partial charge in [0.05, 0.1) is 0 Å². The van der Waals surface area contributed by atoms with Gasteiger partial charge < -0.3 is 15.1 Å². The van der Waals surface area contributed by atoms with Crippen molar-refractivity contribution in [3.8, 4) is 0 Å². The van der Waals surface area contributed by atoms with Crippen molar-refractivity contribution in [1.82, 2.24) is 20.1 Å². The molecule has 6 heteroatoms. The van der Waals surface area contributed by atoms with E-state index in [2.05, 4.69) is 15.2 Å². The SMILES string of the molecule is CN(C)c1cc(CNC(=O)N2CCN(C3CCCC3)CC2)ccn1. The molecule has 0 aromatic carbocycles.